The predicted octanol–water partition coefficient (Wildman–Crippen LogP) is 1.66. The van der Waals surface area contributed by atoms with Crippen LogP contribution >= 0.6 is 0 Å². The van der Waals surface area contributed by atoms with Crippen LogP contribution < -0.4 is 14.8 Å². The van der Waals surface area contributed by atoms with Gasteiger partial charge in [0, 0.05) is 18.8 Å². The van der Waals surface area contributed by atoms with Crippen LogP contribution in [0.5, 0.6) is 11.6 Å². The Morgan fingerprint density at radius 1 is 1.32 bits per heavy atom. The van der Waals surface area contributed by atoms with Crippen LogP contribution in [0.1, 0.15) is 11.1 Å². The van der Waals surface area contributed by atoms with Crippen LogP contribution in [0.25, 0.3) is 0 Å². The molecule has 2 rings (SSSR count). The summed E-state index contributed by atoms with van der Waals surface area (Å²) in [7, 11) is 1.54. The fourth-order valence-corrected chi connectivity index (χ4v) is 1.72. The number of methoxy groups -OCH3 is 1. The summed E-state index contributed by atoms with van der Waals surface area (Å²) in [6.07, 6.45) is 1.63. The van der Waals surface area contributed by atoms with Gasteiger partial charge in [-0.25, -0.2) is 4.98 Å². The number of ether oxygens (including phenoxy) is 2. The third-order valence-corrected chi connectivity index (χ3v) is 2.86. The highest BCUT2D eigenvalue weighted by atomic mass is 16.5. The first-order valence-corrected chi connectivity index (χ1v) is 6.60. The predicted molar refractivity (Wildman–Crippen MR) is 79.3 cm³/mol. The van der Waals surface area contributed by atoms with Crippen molar-refractivity contribution in [1.82, 2.24) is 10.3 Å². The quantitative estimate of drug-likeness (QED) is 0.876. The minimum atomic E-state index is -0.274. The molecule has 0 aliphatic carbocycles. The van der Waals surface area contributed by atoms with E-state index in [1.807, 2.05) is 12.1 Å². The Labute approximate surface area is 128 Å². The van der Waals surface area contributed by atoms with Gasteiger partial charge >= 0.3 is 0 Å². The van der Waals surface area contributed by atoms with Crippen LogP contribution in [0.15, 0.2) is 42.6 Å². The second-order valence-electron chi connectivity index (χ2n) is 4.38. The molecule has 1 N–H and O–H groups in total. The van der Waals surface area contributed by atoms with Crippen molar-refractivity contribution in [2.75, 3.05) is 13.7 Å². The maximum absolute atomic E-state index is 11.7. The number of amides is 1. The molecule has 0 aliphatic heterocycles. The van der Waals surface area contributed by atoms with E-state index >= 15 is 0 Å². The number of carbonyl (C=O) groups excluding carboxylic acids is 1. The van der Waals surface area contributed by atoms with Crippen molar-refractivity contribution in [2.24, 2.45) is 0 Å². The number of nitriles is 1. The zero-order valence-corrected chi connectivity index (χ0v) is 12.1. The highest BCUT2D eigenvalue weighted by Crippen LogP contribution is 2.16. The number of nitrogens with one attached hydrogen (secondary N) is 1. The minimum absolute atomic E-state index is 0.151. The van der Waals surface area contributed by atoms with Crippen LogP contribution in [-0.2, 0) is 11.3 Å². The van der Waals surface area contributed by atoms with Gasteiger partial charge in [-0.05, 0) is 17.7 Å². The summed E-state index contributed by atoms with van der Waals surface area (Å²) in [5, 5.41) is 11.6. The third kappa shape index (κ3) is 4.21. The van der Waals surface area contributed by atoms with E-state index in [0.29, 0.717) is 23.7 Å². The van der Waals surface area contributed by atoms with Crippen LogP contribution in [0.4, 0.5) is 0 Å². The van der Waals surface area contributed by atoms with Gasteiger partial charge in [0.05, 0.1) is 12.7 Å². The summed E-state index contributed by atoms with van der Waals surface area (Å²) in [5.41, 5.74) is 1.25. The van der Waals surface area contributed by atoms with Crippen molar-refractivity contribution in [3.63, 3.8) is 0 Å². The summed E-state index contributed by atoms with van der Waals surface area (Å²) in [4.78, 5) is 15.8. The lowest BCUT2D eigenvalue weighted by Gasteiger charge is -2.08. The molecule has 1 heterocycles. The number of rotatable bonds is 6. The fourth-order valence-electron chi connectivity index (χ4n) is 1.72. The van der Waals surface area contributed by atoms with Crippen molar-refractivity contribution in [2.45, 2.75) is 6.54 Å². The lowest BCUT2D eigenvalue weighted by Crippen LogP contribution is -2.28. The molecule has 1 aromatic heterocycles. The third-order valence-electron chi connectivity index (χ3n) is 2.86. The highest BCUT2D eigenvalue weighted by Gasteiger charge is 2.06. The summed E-state index contributed by atoms with van der Waals surface area (Å²) in [6, 6.07) is 12.3. The van der Waals surface area contributed by atoms with Crippen molar-refractivity contribution in [1.29, 1.82) is 5.26 Å². The summed E-state index contributed by atoms with van der Waals surface area (Å²) in [6.45, 7) is 0.196. The molecule has 6 nitrogen and oxygen atoms in total. The molecule has 6 heteroatoms. The minimum Gasteiger partial charge on any atom is -0.482 e. The van der Waals surface area contributed by atoms with Gasteiger partial charge in [0.15, 0.2) is 6.61 Å². The lowest BCUT2D eigenvalue weighted by atomic mass is 10.2. The molecule has 1 aromatic carbocycles. The molecule has 0 radical (unpaired) electrons. The van der Waals surface area contributed by atoms with E-state index in [9.17, 15) is 4.79 Å². The average Bonchev–Trinajstić information content (AvgIpc) is 2.58. The monoisotopic (exact) mass is 297 g/mol. The van der Waals surface area contributed by atoms with E-state index in [0.717, 1.165) is 5.56 Å². The van der Waals surface area contributed by atoms with Gasteiger partial charge in [0.1, 0.15) is 11.8 Å². The first-order valence-electron chi connectivity index (χ1n) is 6.60. The molecule has 1 amide bonds. The maximum atomic E-state index is 11.7. The SMILES string of the molecule is COc1ccc(CNC(=O)COc2ccccc2C#N)cn1. The van der Waals surface area contributed by atoms with Crippen molar-refractivity contribution < 1.29 is 14.3 Å². The molecule has 0 fully saturated rings. The van der Waals surface area contributed by atoms with Gasteiger partial charge < -0.3 is 14.8 Å². The maximum Gasteiger partial charge on any atom is 0.258 e. The highest BCUT2D eigenvalue weighted by molar-refractivity contribution is 5.77. The molecular weight excluding hydrogens is 282 g/mol. The molecule has 22 heavy (non-hydrogen) atoms. The van der Waals surface area contributed by atoms with Crippen LogP contribution in [0.2, 0.25) is 0 Å². The first kappa shape index (κ1) is 15.3. The zero-order chi connectivity index (χ0) is 15.8. The Morgan fingerprint density at radius 2 is 2.14 bits per heavy atom. The van der Waals surface area contributed by atoms with E-state index in [4.69, 9.17) is 14.7 Å². The number of carbonyl (C=O) groups is 1. The zero-order valence-electron chi connectivity index (χ0n) is 12.1. The summed E-state index contributed by atoms with van der Waals surface area (Å²) < 4.78 is 10.3. The molecule has 0 spiro atoms. The lowest BCUT2D eigenvalue weighted by molar-refractivity contribution is -0.123. The van der Waals surface area contributed by atoms with Crippen LogP contribution in [-0.4, -0.2) is 24.6 Å². The van der Waals surface area contributed by atoms with E-state index < -0.39 is 0 Å². The first-order chi connectivity index (χ1) is 10.7. The topological polar surface area (TPSA) is 84.2 Å². The van der Waals surface area contributed by atoms with E-state index in [1.165, 1.54) is 0 Å². The molecule has 0 atom stereocenters. The van der Waals surface area contributed by atoms with Crippen molar-refractivity contribution in [3.8, 4) is 17.7 Å². The van der Waals surface area contributed by atoms with Crippen molar-refractivity contribution in [3.05, 3.63) is 53.7 Å². The molecule has 0 saturated carbocycles. The van der Waals surface area contributed by atoms with Gasteiger partial charge in [-0.3, -0.25) is 4.79 Å². The molecular formula is C16H15N3O3. The molecule has 0 aliphatic rings. The van der Waals surface area contributed by atoms with Crippen LogP contribution in [0, 0.1) is 11.3 Å². The molecule has 112 valence electrons. The fraction of sp³-hybridized carbons (Fsp3) is 0.188. The van der Waals surface area contributed by atoms with Crippen molar-refractivity contribution >= 4 is 5.91 Å². The summed E-state index contributed by atoms with van der Waals surface area (Å²) in [5.74, 6) is 0.640. The van der Waals surface area contributed by atoms with E-state index in [2.05, 4.69) is 10.3 Å². The average molecular weight is 297 g/mol. The number of para-hydroxylation sites is 1. The number of hydrogen-bond donors (Lipinski definition) is 1. The number of pyridine rings is 1. The van der Waals surface area contributed by atoms with Gasteiger partial charge in [0.2, 0.25) is 5.88 Å². The van der Waals surface area contributed by atoms with Gasteiger partial charge in [0.25, 0.3) is 5.91 Å². The number of aromatic nitrogens is 1. The normalized spacial score (nSPS) is 9.64. The Kier molecular flexibility index (Phi) is 5.32. The largest absolute Gasteiger partial charge is 0.482 e. The van der Waals surface area contributed by atoms with Gasteiger partial charge in [-0.15, -0.1) is 0 Å². The van der Waals surface area contributed by atoms with E-state index in [1.54, 1.807) is 43.6 Å². The van der Waals surface area contributed by atoms with E-state index in [-0.39, 0.29) is 12.5 Å². The Hall–Kier alpha value is -3.07. The number of benzene rings is 1. The number of nitrogens with zero attached hydrogens (tertiary/aromatic N) is 2. The molecule has 0 unspecified atom stereocenters. The second-order valence-corrected chi connectivity index (χ2v) is 4.38. The molecule has 2 aromatic rings. The summed E-state index contributed by atoms with van der Waals surface area (Å²) >= 11 is 0. The second kappa shape index (κ2) is 7.64. The molecule has 0 bridgehead atoms. The van der Waals surface area contributed by atoms with Gasteiger partial charge in [-0.2, -0.15) is 5.26 Å². The Morgan fingerprint density at radius 3 is 2.82 bits per heavy atom. The Bertz CT molecular complexity index is 678. The van der Waals surface area contributed by atoms with Crippen LogP contribution in [0.3, 0.4) is 0 Å². The Balaban J connectivity index is 1.81. The standard InChI is InChI=1S/C16H15N3O3/c1-21-16-7-6-12(10-19-16)9-18-15(20)11-22-14-5-3-2-4-13(14)8-17/h2-7,10H,9,11H2,1H3,(H,18,20). The van der Waals surface area contributed by atoms with Gasteiger partial charge in [-0.1, -0.05) is 18.2 Å². The molecule has 0 saturated heterocycles. The number of hydrogen-bond acceptors (Lipinski definition) is 5. The smallest absolute Gasteiger partial charge is 0.258 e.